The number of carbonyl (C=O) groups excluding carboxylic acids is 1. The molecule has 0 saturated heterocycles. The van der Waals surface area contributed by atoms with E-state index in [0.717, 1.165) is 51.4 Å². The summed E-state index contributed by atoms with van der Waals surface area (Å²) in [6.45, 7) is 1.76. The highest BCUT2D eigenvalue weighted by molar-refractivity contribution is 7.45. The maximum Gasteiger partial charge on any atom is 0.268 e. The van der Waals surface area contributed by atoms with E-state index in [1.807, 2.05) is 21.1 Å². The number of nitrogens with zero attached hydrogens (tertiary/aromatic N) is 1. The van der Waals surface area contributed by atoms with Crippen LogP contribution in [-0.4, -0.2) is 73.6 Å². The van der Waals surface area contributed by atoms with Crippen molar-refractivity contribution in [2.75, 3.05) is 40.9 Å². The van der Waals surface area contributed by atoms with Crippen molar-refractivity contribution in [3.05, 3.63) is 0 Å². The minimum absolute atomic E-state index is 0.0592. The second-order valence-electron chi connectivity index (χ2n) is 11.5. The van der Waals surface area contributed by atoms with Gasteiger partial charge in [0.05, 0.1) is 27.7 Å². The molecule has 0 aliphatic heterocycles. The van der Waals surface area contributed by atoms with E-state index in [-0.39, 0.29) is 13.0 Å². The van der Waals surface area contributed by atoms with Crippen LogP contribution in [-0.2, 0) is 18.4 Å². The summed E-state index contributed by atoms with van der Waals surface area (Å²) in [6.07, 6.45) is 14.4. The Morgan fingerprint density at radius 3 is 1.80 bits per heavy atom. The molecule has 9 heteroatoms. The van der Waals surface area contributed by atoms with Gasteiger partial charge in [-0.2, -0.15) is 0 Å². The van der Waals surface area contributed by atoms with Crippen LogP contribution >= 0.6 is 7.82 Å². The smallest absolute Gasteiger partial charge is 0.268 e. The van der Waals surface area contributed by atoms with Crippen LogP contribution in [0.2, 0.25) is 0 Å². The number of Topliss-reactive ketones (excluding diaryl/α,β-unsaturated/α-hetero) is 1. The fourth-order valence-corrected chi connectivity index (χ4v) is 4.86. The molecular formula is C31H56NO7P. The molecule has 40 heavy (non-hydrogen) atoms. The van der Waals surface area contributed by atoms with E-state index in [2.05, 4.69) is 30.6 Å². The molecule has 0 fully saturated rings. The number of aliphatic hydroxyl groups excluding tert-OH is 2. The summed E-state index contributed by atoms with van der Waals surface area (Å²) in [5.41, 5.74) is 0. The van der Waals surface area contributed by atoms with Gasteiger partial charge in [0.25, 0.3) is 7.82 Å². The largest absolute Gasteiger partial charge is 0.756 e. The zero-order chi connectivity index (χ0) is 30.1. The molecule has 0 radical (unpaired) electrons. The molecule has 1 unspecified atom stereocenters. The van der Waals surface area contributed by atoms with Crippen LogP contribution in [0, 0.1) is 23.7 Å². The van der Waals surface area contributed by atoms with Crippen LogP contribution in [0.15, 0.2) is 0 Å². The number of unbranched alkanes of at least 4 members (excludes halogenated alkanes) is 14. The van der Waals surface area contributed by atoms with Crippen LogP contribution < -0.4 is 4.89 Å². The first-order chi connectivity index (χ1) is 19.0. The van der Waals surface area contributed by atoms with Crippen molar-refractivity contribution in [3.8, 4) is 23.7 Å². The molecule has 0 saturated carbocycles. The van der Waals surface area contributed by atoms with Crippen molar-refractivity contribution < 1.29 is 38.0 Å². The minimum Gasteiger partial charge on any atom is -0.756 e. The van der Waals surface area contributed by atoms with Crippen molar-refractivity contribution in [2.24, 2.45) is 0 Å². The van der Waals surface area contributed by atoms with Crippen LogP contribution in [0.3, 0.4) is 0 Å². The Labute approximate surface area is 244 Å². The summed E-state index contributed by atoms with van der Waals surface area (Å²) in [4.78, 5) is 24.6. The van der Waals surface area contributed by atoms with Gasteiger partial charge in [-0.3, -0.25) is 9.36 Å². The lowest BCUT2D eigenvalue weighted by atomic mass is 10.0. The maximum absolute atomic E-state index is 12.5. The van der Waals surface area contributed by atoms with E-state index in [1.54, 1.807) is 0 Å². The summed E-state index contributed by atoms with van der Waals surface area (Å²) in [7, 11) is 0.834. The molecule has 0 aliphatic carbocycles. The lowest BCUT2D eigenvalue weighted by Gasteiger charge is -2.30. The highest BCUT2D eigenvalue weighted by Crippen LogP contribution is 2.40. The highest BCUT2D eigenvalue weighted by Gasteiger charge is 2.31. The van der Waals surface area contributed by atoms with Crippen molar-refractivity contribution in [1.82, 2.24) is 0 Å². The molecule has 0 bridgehead atoms. The van der Waals surface area contributed by atoms with Gasteiger partial charge in [0.2, 0.25) is 0 Å². The molecule has 0 heterocycles. The molecule has 0 aromatic heterocycles. The number of aliphatic hydroxyl groups is 2. The van der Waals surface area contributed by atoms with Crippen molar-refractivity contribution in [1.29, 1.82) is 0 Å². The highest BCUT2D eigenvalue weighted by atomic mass is 31.2. The van der Waals surface area contributed by atoms with Crippen molar-refractivity contribution in [2.45, 2.75) is 128 Å². The van der Waals surface area contributed by atoms with Gasteiger partial charge in [-0.05, 0) is 31.1 Å². The predicted octanol–water partition coefficient (Wildman–Crippen LogP) is 5.14. The van der Waals surface area contributed by atoms with E-state index in [0.29, 0.717) is 17.4 Å². The Bertz CT molecular complexity index is 820. The SMILES string of the molecule is CCCCCCCCCCC#CC#CCCCCCCCCC(=O)[C@@H](OP(=O)([O-])OCC[N+](C)(C)C)[C@@H](O)CO. The molecule has 3 atom stereocenters. The van der Waals surface area contributed by atoms with Crippen molar-refractivity contribution in [3.63, 3.8) is 0 Å². The number of phosphoric acid groups is 1. The molecule has 2 N–H and O–H groups in total. The summed E-state index contributed by atoms with van der Waals surface area (Å²) in [6, 6.07) is 0. The van der Waals surface area contributed by atoms with E-state index in [9.17, 15) is 24.5 Å². The zero-order valence-electron chi connectivity index (χ0n) is 25.6. The van der Waals surface area contributed by atoms with Crippen molar-refractivity contribution >= 4 is 13.6 Å². The van der Waals surface area contributed by atoms with E-state index < -0.39 is 32.4 Å². The minimum atomic E-state index is -4.81. The number of rotatable bonds is 25. The number of likely N-dealkylation sites (N-methyl/N-ethyl adjacent to an activating group) is 1. The second-order valence-corrected chi connectivity index (χ2v) is 12.8. The first-order valence-electron chi connectivity index (χ1n) is 15.2. The lowest BCUT2D eigenvalue weighted by molar-refractivity contribution is -0.870. The lowest BCUT2D eigenvalue weighted by Crippen LogP contribution is -2.40. The van der Waals surface area contributed by atoms with Crippen LogP contribution in [0.4, 0.5) is 0 Å². The monoisotopic (exact) mass is 585 g/mol. The van der Waals surface area contributed by atoms with E-state index in [1.165, 1.54) is 44.9 Å². The average molecular weight is 586 g/mol. The Morgan fingerprint density at radius 2 is 1.32 bits per heavy atom. The number of carbonyl (C=O) groups is 1. The van der Waals surface area contributed by atoms with Crippen LogP contribution in [0.5, 0.6) is 0 Å². The number of phosphoric ester groups is 1. The Morgan fingerprint density at radius 1 is 0.850 bits per heavy atom. The Balaban J connectivity index is 3.99. The summed E-state index contributed by atoms with van der Waals surface area (Å²) >= 11 is 0. The molecule has 0 rings (SSSR count). The van der Waals surface area contributed by atoms with Gasteiger partial charge in [-0.25, -0.2) is 0 Å². The summed E-state index contributed by atoms with van der Waals surface area (Å²) in [5, 5.41) is 19.2. The Hall–Kier alpha value is -1.22. The molecule has 0 spiro atoms. The van der Waals surface area contributed by atoms with Crippen LogP contribution in [0.25, 0.3) is 0 Å². The molecule has 0 aromatic rings. The molecule has 232 valence electrons. The topological polar surface area (TPSA) is 116 Å². The van der Waals surface area contributed by atoms with E-state index in [4.69, 9.17) is 9.05 Å². The predicted molar refractivity (Wildman–Crippen MR) is 159 cm³/mol. The number of ketones is 1. The zero-order valence-corrected chi connectivity index (χ0v) is 26.5. The summed E-state index contributed by atoms with van der Waals surface area (Å²) in [5.74, 6) is 11.6. The van der Waals surface area contributed by atoms with Gasteiger partial charge in [0.15, 0.2) is 11.9 Å². The third-order valence-corrected chi connectivity index (χ3v) is 7.46. The standard InChI is InChI=1S/C31H56NO7P/c1-5-6-7-8-9-10-11-12-13-14-15-16-17-18-19-20-21-22-23-24-25-29(34)31(30(35)28-33)39-40(36,37)38-27-26-32(2,3)4/h30-31,33,35H,5-13,18-28H2,1-4H3/t30-,31+/m0/s1. The first kappa shape index (κ1) is 38.8. The Kier molecular flexibility index (Phi) is 23.6. The first-order valence-corrected chi connectivity index (χ1v) is 16.7. The number of quaternary nitrogens is 1. The average Bonchev–Trinajstić information content (AvgIpc) is 2.89. The maximum atomic E-state index is 12.5. The van der Waals surface area contributed by atoms with Gasteiger partial charge in [-0.1, -0.05) is 89.4 Å². The normalized spacial score (nSPS) is 14.4. The molecule has 8 nitrogen and oxygen atoms in total. The summed E-state index contributed by atoms with van der Waals surface area (Å²) < 4.78 is 22.3. The fraction of sp³-hybridized carbons (Fsp3) is 0.839. The molecule has 0 aliphatic rings. The number of hydrogen-bond acceptors (Lipinski definition) is 7. The molecule has 0 amide bonds. The number of hydrogen-bond donors (Lipinski definition) is 2. The van der Waals surface area contributed by atoms with Gasteiger partial charge in [0.1, 0.15) is 19.3 Å². The molecular weight excluding hydrogens is 529 g/mol. The van der Waals surface area contributed by atoms with Gasteiger partial charge in [-0.15, -0.1) is 0 Å². The van der Waals surface area contributed by atoms with Gasteiger partial charge < -0.3 is 28.6 Å². The fourth-order valence-electron chi connectivity index (χ4n) is 3.96. The molecule has 0 aromatic carbocycles. The van der Waals surface area contributed by atoms with E-state index >= 15 is 0 Å². The second kappa shape index (κ2) is 24.4. The van der Waals surface area contributed by atoms with Gasteiger partial charge >= 0.3 is 0 Å². The third-order valence-electron chi connectivity index (χ3n) is 6.48. The van der Waals surface area contributed by atoms with Crippen LogP contribution in [0.1, 0.15) is 116 Å². The third kappa shape index (κ3) is 24.6. The van der Waals surface area contributed by atoms with Gasteiger partial charge in [0, 0.05) is 19.3 Å². The quantitative estimate of drug-likeness (QED) is 0.0659.